The van der Waals surface area contributed by atoms with Crippen LogP contribution in [0.25, 0.3) is 10.9 Å². The zero-order valence-corrected chi connectivity index (χ0v) is 8.27. The van der Waals surface area contributed by atoms with E-state index < -0.39 is 0 Å². The molecule has 0 spiro atoms. The van der Waals surface area contributed by atoms with Crippen LogP contribution < -0.4 is 5.73 Å². The molecule has 0 aliphatic heterocycles. The first kappa shape index (κ1) is 9.63. The van der Waals surface area contributed by atoms with Crippen molar-refractivity contribution in [3.05, 3.63) is 41.6 Å². The van der Waals surface area contributed by atoms with Gasteiger partial charge in [-0.2, -0.15) is 5.26 Å². The maximum atomic E-state index is 8.76. The Labute approximate surface area is 88.2 Å². The molecule has 0 fully saturated rings. The molecule has 3 heteroatoms. The molecule has 0 atom stereocenters. The number of nitriles is 1. The average Bonchev–Trinajstić information content (AvgIpc) is 2.28. The molecule has 1 aromatic heterocycles. The molecule has 2 aromatic rings. The van der Waals surface area contributed by atoms with Gasteiger partial charge >= 0.3 is 0 Å². The smallest absolute Gasteiger partial charge is 0.101 e. The first-order chi connectivity index (χ1) is 7.33. The van der Waals surface area contributed by atoms with Crippen LogP contribution in [0.4, 0.5) is 0 Å². The molecule has 1 aromatic carbocycles. The molecule has 1 heterocycles. The van der Waals surface area contributed by atoms with Gasteiger partial charge in [0.2, 0.25) is 0 Å². The van der Waals surface area contributed by atoms with Gasteiger partial charge in [0.05, 0.1) is 11.1 Å². The molecule has 0 bridgehead atoms. The van der Waals surface area contributed by atoms with E-state index in [0.29, 0.717) is 12.1 Å². The van der Waals surface area contributed by atoms with Crippen molar-refractivity contribution in [1.82, 2.24) is 4.98 Å². The van der Waals surface area contributed by atoms with Crippen molar-refractivity contribution in [3.8, 4) is 6.07 Å². The topological polar surface area (TPSA) is 62.7 Å². The van der Waals surface area contributed by atoms with Crippen LogP contribution in [0.15, 0.2) is 30.5 Å². The lowest BCUT2D eigenvalue weighted by Crippen LogP contribution is -2.02. The van der Waals surface area contributed by atoms with Crippen molar-refractivity contribution >= 4 is 10.9 Å². The highest BCUT2D eigenvalue weighted by atomic mass is 14.6. The minimum Gasteiger partial charge on any atom is -0.330 e. The summed E-state index contributed by atoms with van der Waals surface area (Å²) in [6.45, 7) is 0.636. The van der Waals surface area contributed by atoms with Gasteiger partial charge in [0.25, 0.3) is 0 Å². The molecule has 2 rings (SSSR count). The summed E-state index contributed by atoms with van der Waals surface area (Å²) in [4.78, 5) is 4.20. The summed E-state index contributed by atoms with van der Waals surface area (Å²) >= 11 is 0. The van der Waals surface area contributed by atoms with Gasteiger partial charge in [0.1, 0.15) is 6.07 Å². The summed E-state index contributed by atoms with van der Waals surface area (Å²) in [5, 5.41) is 9.76. The number of hydrogen-bond acceptors (Lipinski definition) is 3. The van der Waals surface area contributed by atoms with Crippen LogP contribution in [-0.4, -0.2) is 11.5 Å². The summed E-state index contributed by atoms with van der Waals surface area (Å²) < 4.78 is 0. The normalized spacial score (nSPS) is 10.1. The van der Waals surface area contributed by atoms with Gasteiger partial charge in [-0.25, -0.2) is 0 Å². The molecule has 0 amide bonds. The molecule has 0 saturated carbocycles. The number of rotatable bonds is 2. The predicted octanol–water partition coefficient (Wildman–Crippen LogP) is 1.61. The Morgan fingerprint density at radius 1 is 1.33 bits per heavy atom. The Morgan fingerprint density at radius 3 is 2.93 bits per heavy atom. The van der Waals surface area contributed by atoms with Gasteiger partial charge in [-0.15, -0.1) is 0 Å². The quantitative estimate of drug-likeness (QED) is 0.795. The minimum atomic E-state index is 0.590. The zero-order chi connectivity index (χ0) is 10.7. The molecular formula is C12H11N3. The van der Waals surface area contributed by atoms with Crippen LogP contribution in [0.1, 0.15) is 11.1 Å². The molecule has 0 aliphatic rings. The largest absolute Gasteiger partial charge is 0.330 e. The number of pyridine rings is 1. The van der Waals surface area contributed by atoms with Crippen LogP contribution >= 0.6 is 0 Å². The van der Waals surface area contributed by atoms with Crippen molar-refractivity contribution in [2.75, 3.05) is 6.54 Å². The Hall–Kier alpha value is -1.92. The van der Waals surface area contributed by atoms with E-state index in [1.54, 1.807) is 6.20 Å². The second kappa shape index (κ2) is 4.07. The van der Waals surface area contributed by atoms with Gasteiger partial charge in [0.15, 0.2) is 0 Å². The van der Waals surface area contributed by atoms with Crippen LogP contribution in [0, 0.1) is 11.3 Å². The first-order valence-corrected chi connectivity index (χ1v) is 4.82. The van der Waals surface area contributed by atoms with Crippen molar-refractivity contribution in [3.63, 3.8) is 0 Å². The lowest BCUT2D eigenvalue weighted by atomic mass is 10.1. The highest BCUT2D eigenvalue weighted by Gasteiger charge is 1.98. The molecule has 0 radical (unpaired) electrons. The molecule has 0 unspecified atom stereocenters. The molecule has 74 valence electrons. The van der Waals surface area contributed by atoms with Crippen LogP contribution in [-0.2, 0) is 6.42 Å². The number of hydrogen-bond donors (Lipinski definition) is 1. The van der Waals surface area contributed by atoms with Crippen molar-refractivity contribution in [2.24, 2.45) is 5.73 Å². The maximum Gasteiger partial charge on any atom is 0.101 e. The van der Waals surface area contributed by atoms with E-state index in [9.17, 15) is 0 Å². The van der Waals surface area contributed by atoms with Crippen molar-refractivity contribution in [2.45, 2.75) is 6.42 Å². The molecule has 15 heavy (non-hydrogen) atoms. The summed E-state index contributed by atoms with van der Waals surface area (Å²) in [5.74, 6) is 0. The van der Waals surface area contributed by atoms with E-state index in [4.69, 9.17) is 11.0 Å². The van der Waals surface area contributed by atoms with E-state index in [2.05, 4.69) is 11.1 Å². The molecule has 0 aliphatic carbocycles. The third kappa shape index (κ3) is 1.95. The zero-order valence-electron chi connectivity index (χ0n) is 8.27. The minimum absolute atomic E-state index is 0.590. The molecule has 3 nitrogen and oxygen atoms in total. The number of benzene rings is 1. The van der Waals surface area contributed by atoms with Crippen molar-refractivity contribution < 1.29 is 0 Å². The highest BCUT2D eigenvalue weighted by molar-refractivity contribution is 5.80. The highest BCUT2D eigenvalue weighted by Crippen LogP contribution is 2.15. The Kier molecular flexibility index (Phi) is 2.61. The summed E-state index contributed by atoms with van der Waals surface area (Å²) in [7, 11) is 0. The second-order valence-electron chi connectivity index (χ2n) is 3.40. The summed E-state index contributed by atoms with van der Waals surface area (Å²) in [6, 6.07) is 9.95. The lowest BCUT2D eigenvalue weighted by molar-refractivity contribution is 0.970. The standard InChI is InChI=1S/C12H11N3/c13-4-3-9-1-2-12-11(5-9)6-10(7-14)8-15-12/h1-2,5-6,8H,3-4,13H2. The summed E-state index contributed by atoms with van der Waals surface area (Å²) in [6.07, 6.45) is 2.44. The van der Waals surface area contributed by atoms with Crippen LogP contribution in [0.5, 0.6) is 0 Å². The number of nitrogens with zero attached hydrogens (tertiary/aromatic N) is 2. The van der Waals surface area contributed by atoms with E-state index in [1.807, 2.05) is 24.3 Å². The van der Waals surface area contributed by atoms with E-state index >= 15 is 0 Å². The Morgan fingerprint density at radius 2 is 2.20 bits per heavy atom. The number of fused-ring (bicyclic) bond motifs is 1. The second-order valence-corrected chi connectivity index (χ2v) is 3.40. The van der Waals surface area contributed by atoms with Gasteiger partial charge in [-0.1, -0.05) is 6.07 Å². The fourth-order valence-corrected chi connectivity index (χ4v) is 1.56. The van der Waals surface area contributed by atoms with Crippen LogP contribution in [0.2, 0.25) is 0 Å². The molecular weight excluding hydrogens is 186 g/mol. The fraction of sp³-hybridized carbons (Fsp3) is 0.167. The lowest BCUT2D eigenvalue weighted by Gasteiger charge is -2.01. The Bertz CT molecular complexity index is 526. The van der Waals surface area contributed by atoms with Gasteiger partial charge in [-0.05, 0) is 36.7 Å². The maximum absolute atomic E-state index is 8.76. The molecule has 2 N–H and O–H groups in total. The SMILES string of the molecule is N#Cc1cnc2ccc(CCN)cc2c1. The average molecular weight is 197 g/mol. The summed E-state index contributed by atoms with van der Waals surface area (Å²) in [5.41, 5.74) is 8.18. The first-order valence-electron chi connectivity index (χ1n) is 4.82. The van der Waals surface area contributed by atoms with Gasteiger partial charge in [-0.3, -0.25) is 4.98 Å². The van der Waals surface area contributed by atoms with Crippen LogP contribution in [0.3, 0.4) is 0 Å². The monoisotopic (exact) mass is 197 g/mol. The Balaban J connectivity index is 2.54. The third-order valence-electron chi connectivity index (χ3n) is 2.31. The van der Waals surface area contributed by atoms with E-state index in [0.717, 1.165) is 17.3 Å². The van der Waals surface area contributed by atoms with Gasteiger partial charge in [0, 0.05) is 11.6 Å². The third-order valence-corrected chi connectivity index (χ3v) is 2.31. The predicted molar refractivity (Wildman–Crippen MR) is 59.2 cm³/mol. The fourth-order valence-electron chi connectivity index (χ4n) is 1.56. The molecule has 0 saturated heterocycles. The van der Waals surface area contributed by atoms with E-state index in [1.165, 1.54) is 5.56 Å². The van der Waals surface area contributed by atoms with Gasteiger partial charge < -0.3 is 5.73 Å². The number of nitrogens with two attached hydrogens (primary N) is 1. The van der Waals surface area contributed by atoms with Crippen molar-refractivity contribution in [1.29, 1.82) is 5.26 Å². The van der Waals surface area contributed by atoms with E-state index in [-0.39, 0.29) is 0 Å². The number of aromatic nitrogens is 1.